The summed E-state index contributed by atoms with van der Waals surface area (Å²) in [6.07, 6.45) is 3.79. The molecule has 5 nitrogen and oxygen atoms in total. The van der Waals surface area contributed by atoms with E-state index in [1.807, 2.05) is 0 Å². The van der Waals surface area contributed by atoms with E-state index in [1.54, 1.807) is 18.2 Å². The highest BCUT2D eigenvalue weighted by molar-refractivity contribution is 6.29. The SMILES string of the molecule is O=C(CC1Cc2ccccc2C1)N[C@H](CN1CCCC1)[C@H](O)c1cccc(Cl)n1. The third-order valence-electron chi connectivity index (χ3n) is 6.03. The van der Waals surface area contributed by atoms with Crippen molar-refractivity contribution in [2.24, 2.45) is 5.92 Å². The average Bonchev–Trinajstić information content (AvgIpc) is 3.35. The van der Waals surface area contributed by atoms with Crippen LogP contribution in [0.25, 0.3) is 0 Å². The van der Waals surface area contributed by atoms with Crippen molar-refractivity contribution in [3.8, 4) is 0 Å². The van der Waals surface area contributed by atoms with Crippen molar-refractivity contribution < 1.29 is 9.90 Å². The summed E-state index contributed by atoms with van der Waals surface area (Å²) in [7, 11) is 0. The molecule has 0 unspecified atom stereocenters. The first kappa shape index (κ1) is 20.3. The van der Waals surface area contributed by atoms with E-state index in [9.17, 15) is 9.90 Å². The number of carbonyl (C=O) groups is 1. The fourth-order valence-electron chi connectivity index (χ4n) is 4.58. The van der Waals surface area contributed by atoms with Gasteiger partial charge in [-0.2, -0.15) is 0 Å². The Hall–Kier alpha value is -1.95. The van der Waals surface area contributed by atoms with Gasteiger partial charge in [0, 0.05) is 13.0 Å². The number of aliphatic hydroxyl groups excluding tert-OH is 1. The summed E-state index contributed by atoms with van der Waals surface area (Å²) in [6, 6.07) is 13.2. The van der Waals surface area contributed by atoms with Crippen LogP contribution >= 0.6 is 11.6 Å². The van der Waals surface area contributed by atoms with Gasteiger partial charge >= 0.3 is 0 Å². The number of fused-ring (bicyclic) bond motifs is 1. The summed E-state index contributed by atoms with van der Waals surface area (Å²) in [5.41, 5.74) is 3.19. The van der Waals surface area contributed by atoms with E-state index in [4.69, 9.17) is 11.6 Å². The molecule has 1 fully saturated rings. The molecule has 154 valence electrons. The lowest BCUT2D eigenvalue weighted by Crippen LogP contribution is -2.47. The lowest BCUT2D eigenvalue weighted by Gasteiger charge is -2.28. The van der Waals surface area contributed by atoms with Crippen LogP contribution in [-0.4, -0.2) is 46.6 Å². The maximum Gasteiger partial charge on any atom is 0.220 e. The molecule has 2 aromatic rings. The lowest BCUT2D eigenvalue weighted by molar-refractivity contribution is -0.123. The van der Waals surface area contributed by atoms with Crippen molar-refractivity contribution in [1.82, 2.24) is 15.2 Å². The van der Waals surface area contributed by atoms with E-state index >= 15 is 0 Å². The van der Waals surface area contributed by atoms with E-state index in [-0.39, 0.29) is 5.91 Å². The van der Waals surface area contributed by atoms with Gasteiger partial charge < -0.3 is 15.3 Å². The van der Waals surface area contributed by atoms with Crippen molar-refractivity contribution in [2.75, 3.05) is 19.6 Å². The molecule has 2 atom stereocenters. The van der Waals surface area contributed by atoms with Crippen LogP contribution in [0.4, 0.5) is 0 Å². The zero-order chi connectivity index (χ0) is 20.2. The molecule has 2 heterocycles. The fraction of sp³-hybridized carbons (Fsp3) is 0.478. The van der Waals surface area contributed by atoms with E-state index in [2.05, 4.69) is 39.5 Å². The van der Waals surface area contributed by atoms with E-state index in [0.29, 0.717) is 29.7 Å². The molecule has 29 heavy (non-hydrogen) atoms. The lowest BCUT2D eigenvalue weighted by atomic mass is 10.0. The summed E-state index contributed by atoms with van der Waals surface area (Å²) < 4.78 is 0. The van der Waals surface area contributed by atoms with Crippen LogP contribution in [0.2, 0.25) is 5.15 Å². The summed E-state index contributed by atoms with van der Waals surface area (Å²) in [5, 5.41) is 14.4. The van der Waals surface area contributed by atoms with Gasteiger partial charge in [0.15, 0.2) is 0 Å². The Morgan fingerprint density at radius 1 is 1.14 bits per heavy atom. The van der Waals surface area contributed by atoms with Crippen LogP contribution in [0.3, 0.4) is 0 Å². The molecule has 1 aliphatic heterocycles. The Balaban J connectivity index is 1.41. The second-order valence-corrected chi connectivity index (χ2v) is 8.65. The normalized spacial score (nSPS) is 19.1. The zero-order valence-electron chi connectivity index (χ0n) is 16.6. The minimum absolute atomic E-state index is 0.00641. The van der Waals surface area contributed by atoms with Gasteiger partial charge in [-0.15, -0.1) is 0 Å². The number of aromatic nitrogens is 1. The molecule has 2 N–H and O–H groups in total. The third-order valence-corrected chi connectivity index (χ3v) is 6.24. The van der Waals surface area contributed by atoms with Crippen molar-refractivity contribution >= 4 is 17.5 Å². The molecular formula is C23H28ClN3O2. The van der Waals surface area contributed by atoms with E-state index < -0.39 is 12.1 Å². The molecule has 1 aromatic heterocycles. The van der Waals surface area contributed by atoms with Crippen molar-refractivity contribution in [1.29, 1.82) is 0 Å². The van der Waals surface area contributed by atoms with E-state index in [1.165, 1.54) is 11.1 Å². The number of benzene rings is 1. The first-order valence-corrected chi connectivity index (χ1v) is 10.9. The van der Waals surface area contributed by atoms with Crippen LogP contribution in [0.1, 0.15) is 42.2 Å². The minimum Gasteiger partial charge on any atom is -0.385 e. The molecule has 0 radical (unpaired) electrons. The van der Waals surface area contributed by atoms with Crippen molar-refractivity contribution in [3.05, 3.63) is 64.4 Å². The molecule has 2 aliphatic rings. The van der Waals surface area contributed by atoms with Gasteiger partial charge in [0.2, 0.25) is 5.91 Å². The largest absolute Gasteiger partial charge is 0.385 e. The fourth-order valence-corrected chi connectivity index (χ4v) is 4.76. The van der Waals surface area contributed by atoms with Crippen LogP contribution in [-0.2, 0) is 17.6 Å². The Morgan fingerprint density at radius 3 is 2.48 bits per heavy atom. The highest BCUT2D eigenvalue weighted by atomic mass is 35.5. The first-order chi connectivity index (χ1) is 14.1. The summed E-state index contributed by atoms with van der Waals surface area (Å²) >= 11 is 6.01. The first-order valence-electron chi connectivity index (χ1n) is 10.5. The summed E-state index contributed by atoms with van der Waals surface area (Å²) in [6.45, 7) is 2.62. The van der Waals surface area contributed by atoms with Crippen LogP contribution in [0, 0.1) is 5.92 Å². The van der Waals surface area contributed by atoms with Crippen molar-refractivity contribution in [3.63, 3.8) is 0 Å². The predicted molar refractivity (Wildman–Crippen MR) is 114 cm³/mol. The predicted octanol–water partition coefficient (Wildman–Crippen LogP) is 3.15. The number of likely N-dealkylation sites (tertiary alicyclic amines) is 1. The molecule has 1 aliphatic carbocycles. The molecule has 1 amide bonds. The smallest absolute Gasteiger partial charge is 0.220 e. The second-order valence-electron chi connectivity index (χ2n) is 8.26. The molecule has 1 saturated heterocycles. The number of pyridine rings is 1. The third kappa shape index (κ3) is 5.16. The van der Waals surface area contributed by atoms with Crippen molar-refractivity contribution in [2.45, 2.75) is 44.2 Å². The molecule has 0 bridgehead atoms. The van der Waals surface area contributed by atoms with Gasteiger partial charge in [0.05, 0.1) is 11.7 Å². The Labute approximate surface area is 177 Å². The second kappa shape index (κ2) is 9.24. The van der Waals surface area contributed by atoms with Gasteiger partial charge in [-0.3, -0.25) is 4.79 Å². The number of hydrogen-bond donors (Lipinski definition) is 2. The average molecular weight is 414 g/mol. The van der Waals surface area contributed by atoms with Gasteiger partial charge in [-0.25, -0.2) is 4.98 Å². The number of halogens is 1. The Morgan fingerprint density at radius 2 is 1.83 bits per heavy atom. The number of hydrogen-bond acceptors (Lipinski definition) is 4. The zero-order valence-corrected chi connectivity index (χ0v) is 17.3. The molecule has 0 saturated carbocycles. The quantitative estimate of drug-likeness (QED) is 0.684. The maximum absolute atomic E-state index is 12.8. The standard InChI is InChI=1S/C23H28ClN3O2/c24-21-9-5-8-19(25-21)23(29)20(15-27-10-3-4-11-27)26-22(28)14-16-12-17-6-1-2-7-18(17)13-16/h1-2,5-9,16,20,23,29H,3-4,10-15H2,(H,26,28)/t20-,23-/m1/s1. The van der Waals surface area contributed by atoms with Gasteiger partial charge in [0.1, 0.15) is 11.3 Å². The van der Waals surface area contributed by atoms with Crippen LogP contribution < -0.4 is 5.32 Å². The Kier molecular flexibility index (Phi) is 6.48. The van der Waals surface area contributed by atoms with Gasteiger partial charge in [0.25, 0.3) is 0 Å². The number of nitrogens with one attached hydrogen (secondary N) is 1. The minimum atomic E-state index is -0.890. The maximum atomic E-state index is 12.8. The molecule has 0 spiro atoms. The van der Waals surface area contributed by atoms with Crippen LogP contribution in [0.15, 0.2) is 42.5 Å². The van der Waals surface area contributed by atoms with Gasteiger partial charge in [-0.05, 0) is 68.0 Å². The summed E-state index contributed by atoms with van der Waals surface area (Å²) in [5.74, 6) is 0.314. The number of carbonyl (C=O) groups excluding carboxylic acids is 1. The number of aliphatic hydroxyl groups is 1. The molecular weight excluding hydrogens is 386 g/mol. The number of amides is 1. The summed E-state index contributed by atoms with van der Waals surface area (Å²) in [4.78, 5) is 19.4. The number of rotatable bonds is 7. The van der Waals surface area contributed by atoms with Crippen LogP contribution in [0.5, 0.6) is 0 Å². The number of nitrogens with zero attached hydrogens (tertiary/aromatic N) is 2. The molecule has 4 rings (SSSR count). The molecule has 6 heteroatoms. The Bertz CT molecular complexity index is 829. The topological polar surface area (TPSA) is 65.5 Å². The van der Waals surface area contributed by atoms with Gasteiger partial charge in [-0.1, -0.05) is 41.9 Å². The highest BCUT2D eigenvalue weighted by Crippen LogP contribution is 2.29. The molecule has 1 aromatic carbocycles. The highest BCUT2D eigenvalue weighted by Gasteiger charge is 2.29. The van der Waals surface area contributed by atoms with E-state index in [0.717, 1.165) is 38.8 Å². The monoisotopic (exact) mass is 413 g/mol.